The Morgan fingerprint density at radius 3 is 2.89 bits per heavy atom. The number of benzene rings is 1. The fourth-order valence-corrected chi connectivity index (χ4v) is 2.21. The summed E-state index contributed by atoms with van der Waals surface area (Å²) < 4.78 is 11.2. The predicted molar refractivity (Wildman–Crippen MR) is 77.0 cm³/mol. The summed E-state index contributed by atoms with van der Waals surface area (Å²) in [5.74, 6) is 0.575. The first kappa shape index (κ1) is 14.1. The van der Waals surface area contributed by atoms with Crippen LogP contribution in [0.1, 0.15) is 12.5 Å². The Labute approximate surface area is 120 Å². The van der Waals surface area contributed by atoms with Gasteiger partial charge in [-0.05, 0) is 40.5 Å². The monoisotopic (exact) mass is 328 g/mol. The molecule has 5 nitrogen and oxygen atoms in total. The molecular formula is C13H17BrN2O3. The van der Waals surface area contributed by atoms with Gasteiger partial charge in [0.1, 0.15) is 0 Å². The molecule has 0 radical (unpaired) electrons. The van der Waals surface area contributed by atoms with Gasteiger partial charge in [0.15, 0.2) is 11.5 Å². The molecule has 0 amide bonds. The van der Waals surface area contributed by atoms with Crippen molar-refractivity contribution < 1.29 is 14.6 Å². The zero-order chi connectivity index (χ0) is 13.7. The molecule has 0 unspecified atom stereocenters. The molecule has 1 saturated heterocycles. The summed E-state index contributed by atoms with van der Waals surface area (Å²) in [6.07, 6.45) is 1.76. The van der Waals surface area contributed by atoms with E-state index >= 15 is 0 Å². The van der Waals surface area contributed by atoms with Gasteiger partial charge < -0.3 is 14.6 Å². The molecule has 1 aromatic carbocycles. The molecule has 2 rings (SSSR count). The summed E-state index contributed by atoms with van der Waals surface area (Å²) in [6.45, 7) is 5.40. The normalized spacial score (nSPS) is 16.0. The second kappa shape index (κ2) is 6.77. The number of nitrogens with zero attached hydrogens (tertiary/aromatic N) is 2. The van der Waals surface area contributed by atoms with Crippen molar-refractivity contribution >= 4 is 22.1 Å². The molecule has 0 atom stereocenters. The van der Waals surface area contributed by atoms with Crippen LogP contribution in [0.3, 0.4) is 0 Å². The smallest absolute Gasteiger partial charge is 0.172 e. The molecule has 1 aliphatic heterocycles. The first-order valence-electron chi connectivity index (χ1n) is 6.22. The molecular weight excluding hydrogens is 312 g/mol. The summed E-state index contributed by atoms with van der Waals surface area (Å²) in [4.78, 5) is 0. The molecule has 0 aromatic heterocycles. The summed E-state index contributed by atoms with van der Waals surface area (Å²) in [6, 6.07) is 3.58. The van der Waals surface area contributed by atoms with Gasteiger partial charge in [0, 0.05) is 0 Å². The van der Waals surface area contributed by atoms with E-state index in [4.69, 9.17) is 9.47 Å². The van der Waals surface area contributed by atoms with Gasteiger partial charge in [-0.25, -0.2) is 0 Å². The quantitative estimate of drug-likeness (QED) is 0.861. The average Bonchev–Trinajstić information content (AvgIpc) is 2.43. The average molecular weight is 329 g/mol. The number of ether oxygens (including phenoxy) is 2. The maximum Gasteiger partial charge on any atom is 0.172 e. The topological polar surface area (TPSA) is 54.3 Å². The number of hydrazone groups is 1. The van der Waals surface area contributed by atoms with E-state index in [0.29, 0.717) is 30.0 Å². The summed E-state index contributed by atoms with van der Waals surface area (Å²) in [5.41, 5.74) is 0.875. The van der Waals surface area contributed by atoms with Crippen LogP contribution in [0.5, 0.6) is 11.5 Å². The van der Waals surface area contributed by atoms with E-state index in [-0.39, 0.29) is 5.75 Å². The molecule has 1 aliphatic rings. The van der Waals surface area contributed by atoms with Crippen LogP contribution in [0.4, 0.5) is 0 Å². The van der Waals surface area contributed by atoms with Gasteiger partial charge in [0.25, 0.3) is 0 Å². The lowest BCUT2D eigenvalue weighted by atomic mass is 10.2. The highest BCUT2D eigenvalue weighted by atomic mass is 79.9. The molecule has 1 N–H and O–H groups in total. The number of aromatic hydroxyl groups is 1. The molecule has 1 aromatic rings. The molecule has 0 saturated carbocycles. The van der Waals surface area contributed by atoms with Crippen molar-refractivity contribution in [1.82, 2.24) is 5.01 Å². The third-order valence-electron chi connectivity index (χ3n) is 2.71. The minimum absolute atomic E-state index is 0.116. The number of morpholine rings is 1. The van der Waals surface area contributed by atoms with Crippen LogP contribution < -0.4 is 4.74 Å². The lowest BCUT2D eigenvalue weighted by molar-refractivity contribution is 0.0397. The van der Waals surface area contributed by atoms with Crippen LogP contribution in [-0.4, -0.2) is 49.2 Å². The Morgan fingerprint density at radius 2 is 2.21 bits per heavy atom. The van der Waals surface area contributed by atoms with Crippen LogP contribution >= 0.6 is 15.9 Å². The van der Waals surface area contributed by atoms with Crippen molar-refractivity contribution in [3.8, 4) is 11.5 Å². The Balaban J connectivity index is 2.13. The van der Waals surface area contributed by atoms with Crippen LogP contribution in [0.15, 0.2) is 21.7 Å². The minimum Gasteiger partial charge on any atom is -0.503 e. The third-order valence-corrected chi connectivity index (χ3v) is 3.31. The number of halogens is 1. The van der Waals surface area contributed by atoms with E-state index in [1.165, 1.54) is 0 Å². The molecule has 0 bridgehead atoms. The van der Waals surface area contributed by atoms with Crippen LogP contribution in [0.2, 0.25) is 0 Å². The van der Waals surface area contributed by atoms with Gasteiger partial charge in [-0.15, -0.1) is 0 Å². The van der Waals surface area contributed by atoms with Crippen molar-refractivity contribution in [3.05, 3.63) is 22.2 Å². The van der Waals surface area contributed by atoms with E-state index in [1.807, 2.05) is 18.0 Å². The lowest BCUT2D eigenvalue weighted by Gasteiger charge is -2.23. The predicted octanol–water partition coefficient (Wildman–Crippen LogP) is 2.22. The Hall–Kier alpha value is -1.27. The summed E-state index contributed by atoms with van der Waals surface area (Å²) in [7, 11) is 0. The molecule has 6 heteroatoms. The van der Waals surface area contributed by atoms with Crippen LogP contribution in [0, 0.1) is 0 Å². The van der Waals surface area contributed by atoms with E-state index in [1.54, 1.807) is 12.3 Å². The second-order valence-corrected chi connectivity index (χ2v) is 4.95. The maximum atomic E-state index is 9.83. The van der Waals surface area contributed by atoms with Crippen molar-refractivity contribution in [2.75, 3.05) is 32.9 Å². The zero-order valence-electron chi connectivity index (χ0n) is 10.8. The Bertz CT molecular complexity index is 459. The lowest BCUT2D eigenvalue weighted by Crippen LogP contribution is -2.32. The molecule has 1 heterocycles. The first-order chi connectivity index (χ1) is 9.20. The van der Waals surface area contributed by atoms with Crippen molar-refractivity contribution in [2.45, 2.75) is 6.92 Å². The van der Waals surface area contributed by atoms with Crippen molar-refractivity contribution in [1.29, 1.82) is 0 Å². The van der Waals surface area contributed by atoms with Gasteiger partial charge in [-0.3, -0.25) is 5.01 Å². The van der Waals surface area contributed by atoms with Gasteiger partial charge in [-0.2, -0.15) is 5.10 Å². The van der Waals surface area contributed by atoms with Gasteiger partial charge >= 0.3 is 0 Å². The summed E-state index contributed by atoms with van der Waals surface area (Å²) >= 11 is 3.31. The van der Waals surface area contributed by atoms with E-state index in [9.17, 15) is 5.11 Å². The van der Waals surface area contributed by atoms with Gasteiger partial charge in [0.05, 0.1) is 43.6 Å². The fraction of sp³-hybridized carbons (Fsp3) is 0.462. The standard InChI is InChI=1S/C13H17BrN2O3/c1-2-19-12-8-10(7-11(14)13(12)17)9-15-16-3-5-18-6-4-16/h7-9,17H,2-6H2,1H3/b15-9+. The molecule has 0 spiro atoms. The van der Waals surface area contributed by atoms with Crippen molar-refractivity contribution in [2.24, 2.45) is 5.10 Å². The number of phenols is 1. The number of phenolic OH excluding ortho intramolecular Hbond substituents is 1. The minimum atomic E-state index is 0.116. The van der Waals surface area contributed by atoms with Gasteiger partial charge in [-0.1, -0.05) is 0 Å². The molecule has 104 valence electrons. The maximum absolute atomic E-state index is 9.83. The third kappa shape index (κ3) is 3.84. The van der Waals surface area contributed by atoms with E-state index < -0.39 is 0 Å². The summed E-state index contributed by atoms with van der Waals surface area (Å²) in [5, 5.41) is 16.2. The first-order valence-corrected chi connectivity index (χ1v) is 7.02. The SMILES string of the molecule is CCOc1cc(/C=N/N2CCOCC2)cc(Br)c1O. The van der Waals surface area contributed by atoms with Crippen molar-refractivity contribution in [3.63, 3.8) is 0 Å². The van der Waals surface area contributed by atoms with E-state index in [2.05, 4.69) is 21.0 Å². The van der Waals surface area contributed by atoms with Crippen LogP contribution in [-0.2, 0) is 4.74 Å². The highest BCUT2D eigenvalue weighted by molar-refractivity contribution is 9.10. The highest BCUT2D eigenvalue weighted by Gasteiger charge is 2.09. The number of hydrogen-bond acceptors (Lipinski definition) is 5. The van der Waals surface area contributed by atoms with Crippen LogP contribution in [0.25, 0.3) is 0 Å². The highest BCUT2D eigenvalue weighted by Crippen LogP contribution is 2.35. The number of rotatable bonds is 4. The Morgan fingerprint density at radius 1 is 1.47 bits per heavy atom. The Kier molecular flexibility index (Phi) is 5.04. The second-order valence-electron chi connectivity index (χ2n) is 4.09. The number of hydrogen-bond donors (Lipinski definition) is 1. The van der Waals surface area contributed by atoms with E-state index in [0.717, 1.165) is 18.7 Å². The molecule has 19 heavy (non-hydrogen) atoms. The largest absolute Gasteiger partial charge is 0.503 e. The van der Waals surface area contributed by atoms with Gasteiger partial charge in [0.2, 0.25) is 0 Å². The molecule has 1 fully saturated rings. The molecule has 0 aliphatic carbocycles. The zero-order valence-corrected chi connectivity index (χ0v) is 12.4. The fourth-order valence-electron chi connectivity index (χ4n) is 1.75.